The molecule has 9 aromatic carbocycles. The second kappa shape index (κ2) is 16.1. The van der Waals surface area contributed by atoms with Crippen LogP contribution in [0.4, 0.5) is 0 Å². The van der Waals surface area contributed by atoms with Crippen LogP contribution in [0.3, 0.4) is 0 Å². The number of fused-ring (bicyclic) bond motifs is 9. The largest absolute Gasteiger partial charge is 0.456 e. The molecule has 0 radical (unpaired) electrons. The minimum absolute atomic E-state index is 0.299. The summed E-state index contributed by atoms with van der Waals surface area (Å²) in [4.78, 5) is 10.2. The SMILES string of the molecule is C1=CC2c3ccccc3-c3ccc(-c4cccc(-c5cccc(-c6ccc7oc8cc(C9=NC(c%10ccc(-c%11ccccc%11)cc%10)=NC(c%10ccccc%10)N9)ccc8c7c6)c5)c4)cc3C2C=C1. The topological polar surface area (TPSA) is 49.9 Å². The van der Waals surface area contributed by atoms with Gasteiger partial charge in [0, 0.05) is 33.7 Å². The molecule has 1 aliphatic heterocycles. The Morgan fingerprint density at radius 2 is 0.925 bits per heavy atom. The van der Waals surface area contributed by atoms with Crippen molar-refractivity contribution in [3.8, 4) is 55.6 Å². The number of aliphatic imine (C=N–C) groups is 2. The van der Waals surface area contributed by atoms with E-state index >= 15 is 0 Å². The minimum atomic E-state index is -0.299. The smallest absolute Gasteiger partial charge is 0.159 e. The molecule has 4 heteroatoms. The molecule has 0 fully saturated rings. The van der Waals surface area contributed by atoms with Crippen LogP contribution in [0.5, 0.6) is 0 Å². The molecule has 3 unspecified atom stereocenters. The third-order valence-corrected chi connectivity index (χ3v) is 13.7. The van der Waals surface area contributed by atoms with E-state index in [1.807, 2.05) is 24.3 Å². The van der Waals surface area contributed by atoms with Gasteiger partial charge >= 0.3 is 0 Å². The Labute approximate surface area is 389 Å². The van der Waals surface area contributed by atoms with Crippen molar-refractivity contribution < 1.29 is 4.42 Å². The van der Waals surface area contributed by atoms with Crippen LogP contribution in [0.1, 0.15) is 45.8 Å². The first-order valence-electron chi connectivity index (χ1n) is 23.1. The average molecular weight is 858 g/mol. The highest BCUT2D eigenvalue weighted by atomic mass is 16.3. The maximum atomic E-state index is 6.56. The number of benzene rings is 9. The third kappa shape index (κ3) is 7.02. The van der Waals surface area contributed by atoms with E-state index in [2.05, 4.69) is 218 Å². The maximum absolute atomic E-state index is 6.56. The molecule has 0 amide bonds. The van der Waals surface area contributed by atoms with Crippen LogP contribution in [0.2, 0.25) is 0 Å². The summed E-state index contributed by atoms with van der Waals surface area (Å²) in [6.45, 7) is 0. The lowest BCUT2D eigenvalue weighted by atomic mass is 9.69. The molecule has 1 N–H and O–H groups in total. The molecule has 316 valence electrons. The fourth-order valence-corrected chi connectivity index (χ4v) is 10.3. The summed E-state index contributed by atoms with van der Waals surface area (Å²) in [6, 6.07) is 75.9. The predicted molar refractivity (Wildman–Crippen MR) is 276 cm³/mol. The lowest BCUT2D eigenvalue weighted by Gasteiger charge is -2.34. The first kappa shape index (κ1) is 38.8. The van der Waals surface area contributed by atoms with Crippen molar-refractivity contribution in [3.05, 3.63) is 264 Å². The number of furan rings is 1. The molecular formula is C63H43N3O. The van der Waals surface area contributed by atoms with E-state index in [1.165, 1.54) is 50.1 Å². The molecule has 1 aromatic heterocycles. The summed E-state index contributed by atoms with van der Waals surface area (Å²) in [5.74, 6) is 2.12. The second-order valence-corrected chi connectivity index (χ2v) is 17.7. The molecule has 0 saturated heterocycles. The number of allylic oxidation sites excluding steroid dienone is 4. The molecular weight excluding hydrogens is 815 g/mol. The molecule has 3 atom stereocenters. The first-order valence-corrected chi connectivity index (χ1v) is 23.1. The fraction of sp³-hybridized carbons (Fsp3) is 0.0476. The Bertz CT molecular complexity index is 3670. The summed E-state index contributed by atoms with van der Waals surface area (Å²) >= 11 is 0. The third-order valence-electron chi connectivity index (χ3n) is 13.7. The van der Waals surface area contributed by atoms with Crippen LogP contribution in [0, 0.1) is 0 Å². The monoisotopic (exact) mass is 857 g/mol. The van der Waals surface area contributed by atoms with Gasteiger partial charge < -0.3 is 9.73 Å². The highest BCUT2D eigenvalue weighted by Gasteiger charge is 2.32. The minimum Gasteiger partial charge on any atom is -0.456 e. The van der Waals surface area contributed by atoms with Gasteiger partial charge in [0.2, 0.25) is 0 Å². The number of amidine groups is 2. The van der Waals surface area contributed by atoms with Crippen molar-refractivity contribution in [2.45, 2.75) is 18.0 Å². The van der Waals surface area contributed by atoms with Gasteiger partial charge in [0.25, 0.3) is 0 Å². The van der Waals surface area contributed by atoms with Gasteiger partial charge in [-0.15, -0.1) is 0 Å². The van der Waals surface area contributed by atoms with E-state index in [4.69, 9.17) is 14.4 Å². The van der Waals surface area contributed by atoms with Crippen LogP contribution >= 0.6 is 0 Å². The predicted octanol–water partition coefficient (Wildman–Crippen LogP) is 15.7. The lowest BCUT2D eigenvalue weighted by Crippen LogP contribution is -2.33. The fourth-order valence-electron chi connectivity index (χ4n) is 10.3. The summed E-state index contributed by atoms with van der Waals surface area (Å²) in [5.41, 5.74) is 19.6. The number of rotatable bonds is 7. The van der Waals surface area contributed by atoms with Gasteiger partial charge in [-0.2, -0.15) is 0 Å². The molecule has 0 spiro atoms. The van der Waals surface area contributed by atoms with Crippen molar-refractivity contribution in [3.63, 3.8) is 0 Å². The zero-order chi connectivity index (χ0) is 44.3. The molecule has 67 heavy (non-hydrogen) atoms. The van der Waals surface area contributed by atoms with E-state index in [0.717, 1.165) is 61.2 Å². The first-order chi connectivity index (χ1) is 33.2. The highest BCUT2D eigenvalue weighted by Crippen LogP contribution is 2.50. The van der Waals surface area contributed by atoms with E-state index < -0.39 is 0 Å². The van der Waals surface area contributed by atoms with Crippen molar-refractivity contribution in [2.24, 2.45) is 9.98 Å². The van der Waals surface area contributed by atoms with Gasteiger partial charge in [0.1, 0.15) is 23.2 Å². The van der Waals surface area contributed by atoms with Gasteiger partial charge in [-0.1, -0.05) is 194 Å². The molecule has 10 aromatic rings. The summed E-state index contributed by atoms with van der Waals surface area (Å²) in [7, 11) is 0. The Hall–Kier alpha value is -8.60. The van der Waals surface area contributed by atoms with Crippen LogP contribution in [0.25, 0.3) is 77.6 Å². The Morgan fingerprint density at radius 3 is 1.67 bits per heavy atom. The lowest BCUT2D eigenvalue weighted by molar-refractivity contribution is 0.666. The Morgan fingerprint density at radius 1 is 0.373 bits per heavy atom. The van der Waals surface area contributed by atoms with Crippen molar-refractivity contribution in [2.75, 3.05) is 0 Å². The van der Waals surface area contributed by atoms with E-state index in [9.17, 15) is 0 Å². The molecule has 0 bridgehead atoms. The Kier molecular flexibility index (Phi) is 9.35. The zero-order valence-corrected chi connectivity index (χ0v) is 36.6. The van der Waals surface area contributed by atoms with E-state index in [0.29, 0.717) is 17.7 Å². The standard InChI is InChI=1S/C63H43N3O/c1-3-13-40(14-4-1)41-25-27-43(28-26-41)62-64-61(42-15-5-2-6-16-42)65-63(66-62)50-30-33-56-58-38-49(31-34-59(58)67-60(56)39-50)47-20-12-18-45(36-47)44-17-11-19-46(35-44)48-29-32-55-53-23-8-7-21-51(53)52-22-9-10-24-54(52)57(55)37-48/h1-39,52,54,61H,(H,64,65,66). The molecule has 2 heterocycles. The summed E-state index contributed by atoms with van der Waals surface area (Å²) in [6.07, 6.45) is 8.83. The normalized spacial score (nSPS) is 17.0. The molecule has 2 aliphatic carbocycles. The highest BCUT2D eigenvalue weighted by molar-refractivity contribution is 6.15. The van der Waals surface area contributed by atoms with Crippen LogP contribution < -0.4 is 5.32 Å². The molecule has 0 saturated carbocycles. The molecule has 3 aliphatic rings. The van der Waals surface area contributed by atoms with E-state index in [1.54, 1.807) is 0 Å². The number of nitrogens with one attached hydrogen (secondary N) is 1. The zero-order valence-electron chi connectivity index (χ0n) is 36.6. The van der Waals surface area contributed by atoms with Gasteiger partial charge in [-0.05, 0) is 115 Å². The van der Waals surface area contributed by atoms with E-state index in [-0.39, 0.29) is 6.17 Å². The maximum Gasteiger partial charge on any atom is 0.159 e. The number of hydrogen-bond donors (Lipinski definition) is 1. The van der Waals surface area contributed by atoms with Gasteiger partial charge in [-0.3, -0.25) is 0 Å². The molecule has 4 nitrogen and oxygen atoms in total. The second-order valence-electron chi connectivity index (χ2n) is 17.7. The van der Waals surface area contributed by atoms with Crippen LogP contribution in [0.15, 0.2) is 251 Å². The van der Waals surface area contributed by atoms with Gasteiger partial charge in [0.15, 0.2) is 5.84 Å². The summed E-state index contributed by atoms with van der Waals surface area (Å²) in [5, 5.41) is 5.76. The van der Waals surface area contributed by atoms with Crippen molar-refractivity contribution >= 4 is 33.6 Å². The Balaban J connectivity index is 0.803. The quantitative estimate of drug-likeness (QED) is 0.174. The number of nitrogens with zero attached hydrogens (tertiary/aromatic N) is 2. The van der Waals surface area contributed by atoms with Crippen molar-refractivity contribution in [1.29, 1.82) is 0 Å². The van der Waals surface area contributed by atoms with Gasteiger partial charge in [0.05, 0.1) is 0 Å². The molecule has 13 rings (SSSR count). The average Bonchev–Trinajstić information content (AvgIpc) is 3.79. The van der Waals surface area contributed by atoms with Crippen LogP contribution in [-0.2, 0) is 0 Å². The van der Waals surface area contributed by atoms with Crippen molar-refractivity contribution in [1.82, 2.24) is 5.32 Å². The van der Waals surface area contributed by atoms with Crippen LogP contribution in [-0.4, -0.2) is 11.7 Å². The number of hydrogen-bond acceptors (Lipinski definition) is 4. The summed E-state index contributed by atoms with van der Waals surface area (Å²) < 4.78 is 6.56. The van der Waals surface area contributed by atoms with Gasteiger partial charge in [-0.25, -0.2) is 9.98 Å².